The summed E-state index contributed by atoms with van der Waals surface area (Å²) in [6.45, 7) is 3.90. The molecule has 0 heterocycles. The number of rotatable bonds is 3. The summed E-state index contributed by atoms with van der Waals surface area (Å²) in [5, 5.41) is 9.71. The molecule has 0 aromatic heterocycles. The zero-order valence-corrected chi connectivity index (χ0v) is 10.4. The van der Waals surface area contributed by atoms with E-state index in [2.05, 4.69) is 0 Å². The van der Waals surface area contributed by atoms with Crippen LogP contribution in [0, 0.1) is 5.82 Å². The maximum atomic E-state index is 13.1. The Morgan fingerprint density at radius 3 is 2.33 bits per heavy atom. The molecule has 2 nitrogen and oxygen atoms in total. The maximum absolute atomic E-state index is 13.1. The molecule has 2 aromatic rings. The third-order valence-electron chi connectivity index (χ3n) is 2.50. The van der Waals surface area contributed by atoms with Crippen molar-refractivity contribution in [1.82, 2.24) is 0 Å². The molecule has 2 aromatic carbocycles. The first kappa shape index (κ1) is 12.4. The van der Waals surface area contributed by atoms with E-state index < -0.39 is 0 Å². The average Bonchev–Trinajstić information content (AvgIpc) is 2.33. The van der Waals surface area contributed by atoms with Gasteiger partial charge in [0.25, 0.3) is 0 Å². The molecule has 0 aliphatic heterocycles. The van der Waals surface area contributed by atoms with Gasteiger partial charge in [-0.05, 0) is 49.7 Å². The molecule has 1 N–H and O–H groups in total. The van der Waals surface area contributed by atoms with Gasteiger partial charge in [0.2, 0.25) is 0 Å². The number of hydrogen-bond donors (Lipinski definition) is 1. The van der Waals surface area contributed by atoms with Gasteiger partial charge in [-0.3, -0.25) is 0 Å². The van der Waals surface area contributed by atoms with Gasteiger partial charge in [0.15, 0.2) is 0 Å². The van der Waals surface area contributed by atoms with Crippen molar-refractivity contribution in [2.24, 2.45) is 0 Å². The van der Waals surface area contributed by atoms with Crippen LogP contribution in [0.5, 0.6) is 11.5 Å². The SMILES string of the molecule is CC(C)Oc1ccc(-c2cc(F)ccc2O)cc1. The molecule has 0 aliphatic carbocycles. The first-order valence-corrected chi connectivity index (χ1v) is 5.82. The highest BCUT2D eigenvalue weighted by Crippen LogP contribution is 2.30. The Morgan fingerprint density at radius 2 is 1.72 bits per heavy atom. The summed E-state index contributed by atoms with van der Waals surface area (Å²) in [4.78, 5) is 0. The Morgan fingerprint density at radius 1 is 1.06 bits per heavy atom. The first-order valence-electron chi connectivity index (χ1n) is 5.82. The van der Waals surface area contributed by atoms with Gasteiger partial charge in [0, 0.05) is 5.56 Å². The molecule has 0 saturated heterocycles. The zero-order valence-electron chi connectivity index (χ0n) is 10.4. The molecule has 0 unspecified atom stereocenters. The van der Waals surface area contributed by atoms with Crippen LogP contribution < -0.4 is 4.74 Å². The highest BCUT2D eigenvalue weighted by atomic mass is 19.1. The second-order valence-electron chi connectivity index (χ2n) is 4.35. The Bertz CT molecular complexity index is 533. The number of phenolic OH excluding ortho intramolecular Hbond substituents is 1. The molecule has 0 bridgehead atoms. The molecule has 0 saturated carbocycles. The van der Waals surface area contributed by atoms with Crippen LogP contribution in [0.3, 0.4) is 0 Å². The largest absolute Gasteiger partial charge is 0.507 e. The maximum Gasteiger partial charge on any atom is 0.124 e. The van der Waals surface area contributed by atoms with E-state index in [-0.39, 0.29) is 17.7 Å². The summed E-state index contributed by atoms with van der Waals surface area (Å²) in [6, 6.07) is 11.1. The van der Waals surface area contributed by atoms with Crippen molar-refractivity contribution >= 4 is 0 Å². The summed E-state index contributed by atoms with van der Waals surface area (Å²) in [7, 11) is 0. The Balaban J connectivity index is 2.31. The number of hydrogen-bond acceptors (Lipinski definition) is 2. The lowest BCUT2D eigenvalue weighted by atomic mass is 10.0. The molecule has 18 heavy (non-hydrogen) atoms. The van der Waals surface area contributed by atoms with Crippen molar-refractivity contribution in [3.63, 3.8) is 0 Å². The van der Waals surface area contributed by atoms with E-state index in [1.165, 1.54) is 18.2 Å². The molecule has 0 aliphatic rings. The van der Waals surface area contributed by atoms with Gasteiger partial charge in [-0.1, -0.05) is 12.1 Å². The van der Waals surface area contributed by atoms with Crippen molar-refractivity contribution in [2.75, 3.05) is 0 Å². The number of halogens is 1. The molecular weight excluding hydrogens is 231 g/mol. The lowest BCUT2D eigenvalue weighted by Gasteiger charge is -2.10. The average molecular weight is 246 g/mol. The molecule has 2 rings (SSSR count). The van der Waals surface area contributed by atoms with E-state index >= 15 is 0 Å². The van der Waals surface area contributed by atoms with Gasteiger partial charge in [-0.25, -0.2) is 4.39 Å². The minimum absolute atomic E-state index is 0.0638. The van der Waals surface area contributed by atoms with E-state index in [4.69, 9.17) is 4.74 Å². The van der Waals surface area contributed by atoms with Crippen molar-refractivity contribution in [1.29, 1.82) is 0 Å². The molecular formula is C15H15FO2. The summed E-state index contributed by atoms with van der Waals surface area (Å²) in [6.07, 6.45) is 0.110. The zero-order chi connectivity index (χ0) is 13.1. The van der Waals surface area contributed by atoms with Crippen molar-refractivity contribution in [2.45, 2.75) is 20.0 Å². The van der Waals surface area contributed by atoms with Crippen LogP contribution in [0.25, 0.3) is 11.1 Å². The summed E-state index contributed by atoms with van der Waals surface area (Å²) < 4.78 is 18.7. The lowest BCUT2D eigenvalue weighted by molar-refractivity contribution is 0.242. The smallest absolute Gasteiger partial charge is 0.124 e. The third kappa shape index (κ3) is 2.80. The van der Waals surface area contributed by atoms with Gasteiger partial charge >= 0.3 is 0 Å². The molecule has 0 fully saturated rings. The predicted octanol–water partition coefficient (Wildman–Crippen LogP) is 3.99. The van der Waals surface area contributed by atoms with Crippen LogP contribution in [0.4, 0.5) is 4.39 Å². The van der Waals surface area contributed by atoms with Crippen LogP contribution in [0.2, 0.25) is 0 Å². The standard InChI is InChI=1S/C15H15FO2/c1-10(2)18-13-6-3-11(4-7-13)14-9-12(16)5-8-15(14)17/h3-10,17H,1-2H3. The van der Waals surface area contributed by atoms with Gasteiger partial charge in [-0.2, -0.15) is 0 Å². The van der Waals surface area contributed by atoms with E-state index in [1.807, 2.05) is 13.8 Å². The fourth-order valence-corrected chi connectivity index (χ4v) is 1.72. The van der Waals surface area contributed by atoms with Crippen LogP contribution in [0.15, 0.2) is 42.5 Å². The minimum Gasteiger partial charge on any atom is -0.507 e. The minimum atomic E-state index is -0.370. The van der Waals surface area contributed by atoms with Gasteiger partial charge in [0.05, 0.1) is 6.10 Å². The Hall–Kier alpha value is -2.03. The van der Waals surface area contributed by atoms with Gasteiger partial charge in [-0.15, -0.1) is 0 Å². The van der Waals surface area contributed by atoms with Gasteiger partial charge < -0.3 is 9.84 Å². The quantitative estimate of drug-likeness (QED) is 0.887. The lowest BCUT2D eigenvalue weighted by Crippen LogP contribution is -2.05. The molecule has 0 atom stereocenters. The number of phenols is 1. The second-order valence-corrected chi connectivity index (χ2v) is 4.35. The van der Waals surface area contributed by atoms with E-state index in [9.17, 15) is 9.50 Å². The second kappa shape index (κ2) is 5.08. The Labute approximate surface area is 106 Å². The van der Waals surface area contributed by atoms with Crippen LogP contribution in [-0.4, -0.2) is 11.2 Å². The molecule has 0 spiro atoms. The van der Waals surface area contributed by atoms with E-state index in [0.29, 0.717) is 5.56 Å². The number of ether oxygens (including phenoxy) is 1. The van der Waals surface area contributed by atoms with Crippen molar-refractivity contribution in [3.05, 3.63) is 48.3 Å². The highest BCUT2D eigenvalue weighted by Gasteiger charge is 2.06. The van der Waals surface area contributed by atoms with Crippen LogP contribution >= 0.6 is 0 Å². The summed E-state index contributed by atoms with van der Waals surface area (Å²) in [5.74, 6) is 0.448. The number of aromatic hydroxyl groups is 1. The summed E-state index contributed by atoms with van der Waals surface area (Å²) >= 11 is 0. The predicted molar refractivity (Wildman–Crippen MR) is 69.3 cm³/mol. The highest BCUT2D eigenvalue weighted by molar-refractivity contribution is 5.70. The molecule has 0 radical (unpaired) electrons. The molecule has 94 valence electrons. The van der Waals surface area contributed by atoms with Crippen molar-refractivity contribution < 1.29 is 14.2 Å². The molecule has 0 amide bonds. The van der Waals surface area contributed by atoms with E-state index in [0.717, 1.165) is 11.3 Å². The number of benzene rings is 2. The fraction of sp³-hybridized carbons (Fsp3) is 0.200. The fourth-order valence-electron chi connectivity index (χ4n) is 1.72. The summed E-state index contributed by atoms with van der Waals surface area (Å²) in [5.41, 5.74) is 1.23. The molecule has 3 heteroatoms. The topological polar surface area (TPSA) is 29.5 Å². The van der Waals surface area contributed by atoms with Crippen LogP contribution in [-0.2, 0) is 0 Å². The van der Waals surface area contributed by atoms with E-state index in [1.54, 1.807) is 24.3 Å². The first-order chi connectivity index (χ1) is 8.56. The Kier molecular flexibility index (Phi) is 3.51. The van der Waals surface area contributed by atoms with Crippen LogP contribution in [0.1, 0.15) is 13.8 Å². The van der Waals surface area contributed by atoms with Gasteiger partial charge in [0.1, 0.15) is 17.3 Å². The van der Waals surface area contributed by atoms with Crippen molar-refractivity contribution in [3.8, 4) is 22.6 Å². The third-order valence-corrected chi connectivity index (χ3v) is 2.50. The monoisotopic (exact) mass is 246 g/mol. The normalized spacial score (nSPS) is 10.7.